The molecule has 24 heavy (non-hydrogen) atoms. The topological polar surface area (TPSA) is 42.0 Å². The molecule has 3 nitrogen and oxygen atoms in total. The molecule has 0 radical (unpaired) electrons. The number of hydrogen-bond acceptors (Lipinski definition) is 3. The Morgan fingerprint density at radius 1 is 1.12 bits per heavy atom. The summed E-state index contributed by atoms with van der Waals surface area (Å²) in [6.45, 7) is 3.41. The van der Waals surface area contributed by atoms with Gasteiger partial charge in [0, 0.05) is 11.3 Å². The lowest BCUT2D eigenvalue weighted by Gasteiger charge is -2.12. The third kappa shape index (κ3) is 3.26. The van der Waals surface area contributed by atoms with Gasteiger partial charge < -0.3 is 5.32 Å². The summed E-state index contributed by atoms with van der Waals surface area (Å²) in [5.74, 6) is -0.384. The van der Waals surface area contributed by atoms with Crippen molar-refractivity contribution in [2.75, 3.05) is 5.32 Å². The van der Waals surface area contributed by atoms with Crippen molar-refractivity contribution in [1.29, 1.82) is 0 Å². The fraction of sp³-hybridized carbons (Fsp3) is 0.176. The molecule has 0 bridgehead atoms. The van der Waals surface area contributed by atoms with Crippen molar-refractivity contribution in [1.82, 2.24) is 4.98 Å². The Bertz CT molecular complexity index is 931. The van der Waals surface area contributed by atoms with Gasteiger partial charge in [-0.25, -0.2) is 4.98 Å². The normalized spacial score (nSPS) is 11.7. The molecule has 3 aromatic rings. The van der Waals surface area contributed by atoms with Crippen molar-refractivity contribution < 1.29 is 18.0 Å². The molecule has 0 spiro atoms. The highest BCUT2D eigenvalue weighted by molar-refractivity contribution is 7.18. The summed E-state index contributed by atoms with van der Waals surface area (Å²) in [6, 6.07) is 8.40. The maximum atomic E-state index is 12.7. The Hall–Kier alpha value is -2.41. The molecule has 0 saturated carbocycles. The molecule has 1 heterocycles. The number of carbonyl (C=O) groups excluding carboxylic acids is 1. The number of thiazole rings is 1. The second-order valence-electron chi connectivity index (χ2n) is 5.40. The zero-order chi connectivity index (χ0) is 17.5. The van der Waals surface area contributed by atoms with Crippen molar-refractivity contribution >= 4 is 33.1 Å². The number of halogens is 3. The van der Waals surface area contributed by atoms with Crippen LogP contribution in [0.5, 0.6) is 0 Å². The van der Waals surface area contributed by atoms with Crippen LogP contribution in [0.25, 0.3) is 10.2 Å². The molecule has 1 amide bonds. The van der Waals surface area contributed by atoms with Gasteiger partial charge in [-0.3, -0.25) is 4.79 Å². The Balaban J connectivity index is 1.85. The molecular weight excluding hydrogens is 337 g/mol. The molecule has 3 rings (SSSR count). The van der Waals surface area contributed by atoms with Crippen LogP contribution >= 0.6 is 11.3 Å². The average molecular weight is 350 g/mol. The van der Waals surface area contributed by atoms with Crippen LogP contribution in [0.15, 0.2) is 36.4 Å². The number of hydrogen-bond donors (Lipinski definition) is 1. The molecule has 0 aliphatic carbocycles. The predicted molar refractivity (Wildman–Crippen MR) is 88.5 cm³/mol. The molecule has 1 N–H and O–H groups in total. The van der Waals surface area contributed by atoms with Gasteiger partial charge in [-0.2, -0.15) is 13.2 Å². The molecule has 0 atom stereocenters. The highest BCUT2D eigenvalue weighted by Crippen LogP contribution is 2.31. The van der Waals surface area contributed by atoms with Gasteiger partial charge in [0.1, 0.15) is 0 Å². The van der Waals surface area contributed by atoms with Crippen LogP contribution in [-0.4, -0.2) is 10.9 Å². The second kappa shape index (κ2) is 5.90. The van der Waals surface area contributed by atoms with E-state index in [0.29, 0.717) is 16.8 Å². The summed E-state index contributed by atoms with van der Waals surface area (Å²) in [5.41, 5.74) is 1.10. The highest BCUT2D eigenvalue weighted by Gasteiger charge is 2.30. The number of aromatic nitrogens is 1. The van der Waals surface area contributed by atoms with Crippen molar-refractivity contribution in [3.63, 3.8) is 0 Å². The van der Waals surface area contributed by atoms with Crippen LogP contribution in [0.1, 0.15) is 26.5 Å². The molecule has 0 aliphatic heterocycles. The van der Waals surface area contributed by atoms with E-state index in [-0.39, 0.29) is 5.91 Å². The molecule has 7 heteroatoms. The molecule has 0 saturated heterocycles. The number of aryl methyl sites for hydroxylation is 2. The third-order valence-electron chi connectivity index (χ3n) is 3.56. The standard InChI is InChI=1S/C17H13F3N2OS/c1-9-7-12(17(18,19)20)4-5-13(9)22-16(23)11-3-6-15-14(8-11)21-10(2)24-15/h3-8H,1-2H3,(H,22,23). The van der Waals surface area contributed by atoms with Crippen LogP contribution in [0.4, 0.5) is 18.9 Å². The van der Waals surface area contributed by atoms with Crippen LogP contribution in [0.3, 0.4) is 0 Å². The SMILES string of the molecule is Cc1nc2cc(C(=O)Nc3ccc(C(F)(F)F)cc3C)ccc2s1. The monoisotopic (exact) mass is 350 g/mol. The van der Waals surface area contributed by atoms with Crippen LogP contribution in [-0.2, 0) is 6.18 Å². The minimum absolute atomic E-state index is 0.350. The number of nitrogens with one attached hydrogen (secondary N) is 1. The number of carbonyl (C=O) groups is 1. The number of rotatable bonds is 2. The summed E-state index contributed by atoms with van der Waals surface area (Å²) < 4.78 is 39.0. The van der Waals surface area contributed by atoms with Crippen molar-refractivity contribution in [2.45, 2.75) is 20.0 Å². The highest BCUT2D eigenvalue weighted by atomic mass is 32.1. The van der Waals surface area contributed by atoms with Gasteiger partial charge in [-0.05, 0) is 55.8 Å². The van der Waals surface area contributed by atoms with E-state index < -0.39 is 11.7 Å². The lowest BCUT2D eigenvalue weighted by molar-refractivity contribution is -0.137. The number of fused-ring (bicyclic) bond motifs is 1. The lowest BCUT2D eigenvalue weighted by atomic mass is 10.1. The van der Waals surface area contributed by atoms with E-state index in [2.05, 4.69) is 10.3 Å². The Morgan fingerprint density at radius 3 is 2.54 bits per heavy atom. The summed E-state index contributed by atoms with van der Waals surface area (Å²) >= 11 is 1.53. The van der Waals surface area contributed by atoms with Gasteiger partial charge >= 0.3 is 6.18 Å². The van der Waals surface area contributed by atoms with Gasteiger partial charge in [-0.1, -0.05) is 0 Å². The summed E-state index contributed by atoms with van der Waals surface area (Å²) in [5, 5.41) is 3.55. The van der Waals surface area contributed by atoms with Crippen molar-refractivity contribution in [2.24, 2.45) is 0 Å². The lowest BCUT2D eigenvalue weighted by Crippen LogP contribution is -2.13. The van der Waals surface area contributed by atoms with E-state index in [1.54, 1.807) is 12.1 Å². The van der Waals surface area contributed by atoms with E-state index in [1.165, 1.54) is 24.3 Å². The quantitative estimate of drug-likeness (QED) is 0.691. The average Bonchev–Trinajstić information content (AvgIpc) is 2.87. The first-order valence-corrected chi connectivity index (χ1v) is 7.92. The zero-order valence-corrected chi connectivity index (χ0v) is 13.7. The van der Waals surface area contributed by atoms with Gasteiger partial charge in [0.05, 0.1) is 20.8 Å². The molecular formula is C17H13F3N2OS. The van der Waals surface area contributed by atoms with E-state index in [1.807, 2.05) is 13.0 Å². The van der Waals surface area contributed by atoms with Crippen LogP contribution in [0.2, 0.25) is 0 Å². The van der Waals surface area contributed by atoms with Gasteiger partial charge in [0.15, 0.2) is 0 Å². The van der Waals surface area contributed by atoms with E-state index in [0.717, 1.165) is 27.4 Å². The minimum Gasteiger partial charge on any atom is -0.322 e. The number of nitrogens with zero attached hydrogens (tertiary/aromatic N) is 1. The first kappa shape index (κ1) is 16.4. The fourth-order valence-electron chi connectivity index (χ4n) is 2.36. The predicted octanol–water partition coefficient (Wildman–Crippen LogP) is 5.18. The number of alkyl halides is 3. The Labute approximate surface area is 140 Å². The van der Waals surface area contributed by atoms with Crippen LogP contribution in [0, 0.1) is 13.8 Å². The molecule has 124 valence electrons. The molecule has 0 aliphatic rings. The zero-order valence-electron chi connectivity index (χ0n) is 12.9. The van der Waals surface area contributed by atoms with Crippen molar-refractivity contribution in [3.8, 4) is 0 Å². The first-order valence-electron chi connectivity index (χ1n) is 7.10. The number of anilines is 1. The van der Waals surface area contributed by atoms with Gasteiger partial charge in [0.25, 0.3) is 5.91 Å². The van der Waals surface area contributed by atoms with Crippen molar-refractivity contribution in [3.05, 3.63) is 58.1 Å². The fourth-order valence-corrected chi connectivity index (χ4v) is 3.17. The van der Waals surface area contributed by atoms with Gasteiger partial charge in [-0.15, -0.1) is 11.3 Å². The van der Waals surface area contributed by atoms with E-state index >= 15 is 0 Å². The van der Waals surface area contributed by atoms with Crippen LogP contribution < -0.4 is 5.32 Å². The molecule has 2 aromatic carbocycles. The number of amides is 1. The minimum atomic E-state index is -4.40. The second-order valence-corrected chi connectivity index (χ2v) is 6.63. The Morgan fingerprint density at radius 2 is 1.88 bits per heavy atom. The molecule has 0 fully saturated rings. The van der Waals surface area contributed by atoms with E-state index in [4.69, 9.17) is 0 Å². The molecule has 0 unspecified atom stereocenters. The summed E-state index contributed by atoms with van der Waals surface area (Å²) in [6.07, 6.45) is -4.40. The summed E-state index contributed by atoms with van der Waals surface area (Å²) in [4.78, 5) is 16.7. The maximum absolute atomic E-state index is 12.7. The first-order chi connectivity index (χ1) is 11.2. The summed E-state index contributed by atoms with van der Waals surface area (Å²) in [7, 11) is 0. The van der Waals surface area contributed by atoms with E-state index in [9.17, 15) is 18.0 Å². The largest absolute Gasteiger partial charge is 0.416 e. The van der Waals surface area contributed by atoms with Gasteiger partial charge in [0.2, 0.25) is 0 Å². The third-order valence-corrected chi connectivity index (χ3v) is 4.51. The number of benzene rings is 2. The molecule has 1 aromatic heterocycles. The Kier molecular flexibility index (Phi) is 4.04. The maximum Gasteiger partial charge on any atom is 0.416 e. The smallest absolute Gasteiger partial charge is 0.322 e.